The number of nitrogens with zero attached hydrogens (tertiary/aromatic N) is 1. The number of primary amides is 1. The summed E-state index contributed by atoms with van der Waals surface area (Å²) >= 11 is 0. The Morgan fingerprint density at radius 3 is 2.53 bits per heavy atom. The monoisotopic (exact) mass is 233 g/mol. The van der Waals surface area contributed by atoms with Crippen molar-refractivity contribution in [2.24, 2.45) is 5.73 Å². The van der Waals surface area contributed by atoms with Crippen molar-refractivity contribution in [1.29, 1.82) is 0 Å². The Bertz CT molecular complexity index is 425. The molecule has 1 saturated carbocycles. The summed E-state index contributed by atoms with van der Waals surface area (Å²) in [6.07, 6.45) is 5.00. The normalized spacial score (nSPS) is 16.1. The lowest BCUT2D eigenvalue weighted by Crippen LogP contribution is -2.29. The molecule has 1 aromatic carbocycles. The highest BCUT2D eigenvalue weighted by atomic mass is 16.1. The van der Waals surface area contributed by atoms with E-state index in [1.807, 2.05) is 6.07 Å². The van der Waals surface area contributed by atoms with Gasteiger partial charge in [-0.05, 0) is 31.0 Å². The Hall–Kier alpha value is -1.71. The van der Waals surface area contributed by atoms with Crippen molar-refractivity contribution in [3.8, 4) is 0 Å². The maximum absolute atomic E-state index is 11.0. The van der Waals surface area contributed by atoms with Crippen LogP contribution >= 0.6 is 0 Å². The molecule has 4 heteroatoms. The molecule has 0 spiro atoms. The van der Waals surface area contributed by atoms with Gasteiger partial charge in [-0.25, -0.2) is 0 Å². The van der Waals surface area contributed by atoms with Crippen LogP contribution in [0.4, 0.5) is 11.4 Å². The van der Waals surface area contributed by atoms with Crippen LogP contribution in [0.2, 0.25) is 0 Å². The van der Waals surface area contributed by atoms with Gasteiger partial charge in [-0.1, -0.05) is 12.8 Å². The fourth-order valence-corrected chi connectivity index (χ4v) is 2.52. The van der Waals surface area contributed by atoms with Gasteiger partial charge < -0.3 is 16.4 Å². The Kier molecular flexibility index (Phi) is 3.22. The molecule has 1 amide bonds. The molecule has 0 unspecified atom stereocenters. The van der Waals surface area contributed by atoms with Crippen LogP contribution in [-0.4, -0.2) is 19.0 Å². The minimum Gasteiger partial charge on any atom is -0.397 e. The standard InChI is InChI=1S/C13H19N3O/c1-16(10-4-2-3-5-10)12-7-6-9(13(15)17)8-11(12)14/h6-8,10H,2-5,14H2,1H3,(H2,15,17). The number of anilines is 2. The predicted octanol–water partition coefficient (Wildman–Crippen LogP) is 1.75. The highest BCUT2D eigenvalue weighted by Crippen LogP contribution is 2.30. The third-order valence-corrected chi connectivity index (χ3v) is 3.56. The van der Waals surface area contributed by atoms with E-state index in [9.17, 15) is 4.79 Å². The van der Waals surface area contributed by atoms with Gasteiger partial charge in [0.15, 0.2) is 0 Å². The first-order chi connectivity index (χ1) is 8.09. The zero-order valence-electron chi connectivity index (χ0n) is 10.1. The lowest BCUT2D eigenvalue weighted by Gasteiger charge is -2.27. The minimum atomic E-state index is -0.438. The van der Waals surface area contributed by atoms with Crippen molar-refractivity contribution < 1.29 is 4.79 Å². The summed E-state index contributed by atoms with van der Waals surface area (Å²) in [5, 5.41) is 0. The number of benzene rings is 1. The molecule has 4 nitrogen and oxygen atoms in total. The van der Waals surface area contributed by atoms with Crippen LogP contribution in [0.3, 0.4) is 0 Å². The Balaban J connectivity index is 2.23. The molecule has 17 heavy (non-hydrogen) atoms. The van der Waals surface area contributed by atoms with Gasteiger partial charge in [0.05, 0.1) is 11.4 Å². The van der Waals surface area contributed by atoms with Gasteiger partial charge >= 0.3 is 0 Å². The first-order valence-corrected chi connectivity index (χ1v) is 6.02. The summed E-state index contributed by atoms with van der Waals surface area (Å²) < 4.78 is 0. The molecular formula is C13H19N3O. The van der Waals surface area contributed by atoms with Crippen LogP contribution in [0, 0.1) is 0 Å². The van der Waals surface area contributed by atoms with Crippen molar-refractivity contribution in [3.05, 3.63) is 23.8 Å². The second-order valence-corrected chi connectivity index (χ2v) is 4.69. The van der Waals surface area contributed by atoms with Crippen LogP contribution < -0.4 is 16.4 Å². The molecule has 0 saturated heterocycles. The molecule has 0 heterocycles. The molecule has 1 aliphatic rings. The number of nitrogens with two attached hydrogens (primary N) is 2. The Labute approximate surface area is 102 Å². The zero-order chi connectivity index (χ0) is 12.4. The zero-order valence-corrected chi connectivity index (χ0v) is 10.1. The number of hydrogen-bond donors (Lipinski definition) is 2. The average molecular weight is 233 g/mol. The highest BCUT2D eigenvalue weighted by molar-refractivity contribution is 5.94. The smallest absolute Gasteiger partial charge is 0.248 e. The lowest BCUT2D eigenvalue weighted by molar-refractivity contribution is 0.100. The van der Waals surface area contributed by atoms with Gasteiger partial charge in [0, 0.05) is 18.7 Å². The van der Waals surface area contributed by atoms with E-state index < -0.39 is 5.91 Å². The number of hydrogen-bond acceptors (Lipinski definition) is 3. The van der Waals surface area contributed by atoms with Crippen LogP contribution in [0.25, 0.3) is 0 Å². The third-order valence-electron chi connectivity index (χ3n) is 3.56. The summed E-state index contributed by atoms with van der Waals surface area (Å²) in [6.45, 7) is 0. The molecule has 1 aromatic rings. The second kappa shape index (κ2) is 4.65. The molecule has 2 rings (SSSR count). The fraction of sp³-hybridized carbons (Fsp3) is 0.462. The highest BCUT2D eigenvalue weighted by Gasteiger charge is 2.21. The van der Waals surface area contributed by atoms with Crippen molar-refractivity contribution in [1.82, 2.24) is 0 Å². The van der Waals surface area contributed by atoms with E-state index >= 15 is 0 Å². The summed E-state index contributed by atoms with van der Waals surface area (Å²) in [6, 6.07) is 5.84. The van der Waals surface area contributed by atoms with E-state index in [-0.39, 0.29) is 0 Å². The van der Waals surface area contributed by atoms with Crippen molar-refractivity contribution in [2.45, 2.75) is 31.7 Å². The second-order valence-electron chi connectivity index (χ2n) is 4.69. The summed E-state index contributed by atoms with van der Waals surface area (Å²) in [7, 11) is 2.06. The van der Waals surface area contributed by atoms with Crippen molar-refractivity contribution >= 4 is 17.3 Å². The van der Waals surface area contributed by atoms with Crippen molar-refractivity contribution in [3.63, 3.8) is 0 Å². The molecule has 1 aliphatic carbocycles. The molecule has 0 atom stereocenters. The van der Waals surface area contributed by atoms with Gasteiger partial charge in [-0.3, -0.25) is 4.79 Å². The van der Waals surface area contributed by atoms with E-state index in [4.69, 9.17) is 11.5 Å². The molecule has 0 radical (unpaired) electrons. The van der Waals surface area contributed by atoms with Crippen LogP contribution in [0.15, 0.2) is 18.2 Å². The minimum absolute atomic E-state index is 0.438. The first-order valence-electron chi connectivity index (χ1n) is 6.02. The summed E-state index contributed by atoms with van der Waals surface area (Å²) in [5.74, 6) is -0.438. The van der Waals surface area contributed by atoms with Crippen LogP contribution in [0.1, 0.15) is 36.0 Å². The van der Waals surface area contributed by atoms with E-state index in [1.54, 1.807) is 12.1 Å². The average Bonchev–Trinajstić information content (AvgIpc) is 2.81. The number of carbonyl (C=O) groups excluding carboxylic acids is 1. The van der Waals surface area contributed by atoms with E-state index in [2.05, 4.69) is 11.9 Å². The lowest BCUT2D eigenvalue weighted by atomic mass is 10.1. The van der Waals surface area contributed by atoms with Crippen LogP contribution in [0.5, 0.6) is 0 Å². The van der Waals surface area contributed by atoms with Gasteiger partial charge in [0.25, 0.3) is 0 Å². The largest absolute Gasteiger partial charge is 0.397 e. The molecule has 0 aliphatic heterocycles. The molecule has 4 N–H and O–H groups in total. The number of carbonyl (C=O) groups is 1. The Morgan fingerprint density at radius 2 is 2.00 bits per heavy atom. The summed E-state index contributed by atoms with van der Waals surface area (Å²) in [5.41, 5.74) is 13.3. The maximum atomic E-state index is 11.0. The Morgan fingerprint density at radius 1 is 1.35 bits per heavy atom. The van der Waals surface area contributed by atoms with E-state index in [0.717, 1.165) is 5.69 Å². The topological polar surface area (TPSA) is 72.3 Å². The van der Waals surface area contributed by atoms with Gasteiger partial charge in [-0.15, -0.1) is 0 Å². The van der Waals surface area contributed by atoms with E-state index in [0.29, 0.717) is 17.3 Å². The number of nitrogen functional groups attached to an aromatic ring is 1. The predicted molar refractivity (Wildman–Crippen MR) is 70.0 cm³/mol. The number of rotatable bonds is 3. The summed E-state index contributed by atoms with van der Waals surface area (Å²) in [4.78, 5) is 13.3. The number of amides is 1. The van der Waals surface area contributed by atoms with Gasteiger partial charge in [0.1, 0.15) is 0 Å². The quantitative estimate of drug-likeness (QED) is 0.781. The molecule has 0 bridgehead atoms. The van der Waals surface area contributed by atoms with Gasteiger partial charge in [0.2, 0.25) is 5.91 Å². The van der Waals surface area contributed by atoms with Crippen molar-refractivity contribution in [2.75, 3.05) is 17.7 Å². The SMILES string of the molecule is CN(c1ccc(C(N)=O)cc1N)C1CCCC1. The van der Waals surface area contributed by atoms with Gasteiger partial charge in [-0.2, -0.15) is 0 Å². The molecule has 1 fully saturated rings. The fourth-order valence-electron chi connectivity index (χ4n) is 2.52. The van der Waals surface area contributed by atoms with E-state index in [1.165, 1.54) is 25.7 Å². The van der Waals surface area contributed by atoms with Crippen LogP contribution in [-0.2, 0) is 0 Å². The third kappa shape index (κ3) is 2.35. The maximum Gasteiger partial charge on any atom is 0.248 e. The first kappa shape index (κ1) is 11.8. The molecular weight excluding hydrogens is 214 g/mol. The molecule has 0 aromatic heterocycles. The molecule has 92 valence electrons.